The summed E-state index contributed by atoms with van der Waals surface area (Å²) in [6, 6.07) is 23.3. The van der Waals surface area contributed by atoms with Crippen LogP contribution in [0, 0.1) is 13.8 Å². The highest BCUT2D eigenvalue weighted by atomic mass is 32.2. The van der Waals surface area contributed by atoms with Crippen molar-refractivity contribution in [3.8, 4) is 5.75 Å². The predicted molar refractivity (Wildman–Crippen MR) is 129 cm³/mol. The van der Waals surface area contributed by atoms with Gasteiger partial charge in [0.05, 0.1) is 17.6 Å². The van der Waals surface area contributed by atoms with E-state index in [0.717, 1.165) is 32.9 Å². The lowest BCUT2D eigenvalue weighted by molar-refractivity contribution is -0.136. The molecule has 0 saturated heterocycles. The van der Waals surface area contributed by atoms with E-state index in [-0.39, 0.29) is 11.8 Å². The topological polar surface area (TPSA) is 46.6 Å². The van der Waals surface area contributed by atoms with Gasteiger partial charge in [0.25, 0.3) is 11.8 Å². The Morgan fingerprint density at radius 1 is 0.844 bits per heavy atom. The molecule has 2 amide bonds. The van der Waals surface area contributed by atoms with Crippen molar-refractivity contribution in [1.29, 1.82) is 0 Å². The molecular formula is C27H25NO3S. The van der Waals surface area contributed by atoms with Gasteiger partial charge in [0, 0.05) is 11.4 Å². The van der Waals surface area contributed by atoms with E-state index in [1.165, 1.54) is 16.7 Å². The van der Waals surface area contributed by atoms with Gasteiger partial charge in [-0.1, -0.05) is 60.3 Å². The molecule has 0 radical (unpaired) electrons. The van der Waals surface area contributed by atoms with Crippen molar-refractivity contribution in [1.82, 2.24) is 4.90 Å². The normalized spacial score (nSPS) is 13.8. The minimum Gasteiger partial charge on any atom is -0.497 e. The molecule has 1 aliphatic heterocycles. The Morgan fingerprint density at radius 2 is 1.56 bits per heavy atom. The summed E-state index contributed by atoms with van der Waals surface area (Å²) < 4.78 is 5.20. The Bertz CT molecular complexity index is 1180. The lowest BCUT2D eigenvalue weighted by Gasteiger charge is -2.15. The number of thioether (sulfide) groups is 1. The van der Waals surface area contributed by atoms with Crippen molar-refractivity contribution in [2.75, 3.05) is 13.7 Å². The second-order valence-electron chi connectivity index (χ2n) is 7.78. The highest BCUT2D eigenvalue weighted by Gasteiger charge is 2.39. The van der Waals surface area contributed by atoms with Gasteiger partial charge < -0.3 is 4.74 Å². The first-order chi connectivity index (χ1) is 15.5. The lowest BCUT2D eigenvalue weighted by atomic mass is 10.0. The molecule has 5 heteroatoms. The number of aryl methyl sites for hydroxylation is 2. The number of nitrogens with zero attached hydrogens (tertiary/aromatic N) is 1. The lowest BCUT2D eigenvalue weighted by Crippen LogP contribution is -2.33. The number of carbonyl (C=O) groups is 2. The van der Waals surface area contributed by atoms with E-state index in [0.29, 0.717) is 23.4 Å². The number of rotatable bonds is 7. The van der Waals surface area contributed by atoms with Crippen LogP contribution in [0.1, 0.15) is 22.3 Å². The van der Waals surface area contributed by atoms with E-state index in [4.69, 9.17) is 4.74 Å². The van der Waals surface area contributed by atoms with Crippen molar-refractivity contribution in [2.24, 2.45) is 0 Å². The van der Waals surface area contributed by atoms with Crippen molar-refractivity contribution >= 4 is 29.1 Å². The number of carbonyl (C=O) groups excluding carboxylic acids is 2. The van der Waals surface area contributed by atoms with Gasteiger partial charge in [-0.25, -0.2) is 0 Å². The molecule has 0 atom stereocenters. The third-order valence-corrected chi connectivity index (χ3v) is 6.76. The number of methoxy groups -OCH3 is 1. The van der Waals surface area contributed by atoms with Crippen LogP contribution in [0.15, 0.2) is 82.6 Å². The first-order valence-electron chi connectivity index (χ1n) is 10.5. The summed E-state index contributed by atoms with van der Waals surface area (Å²) in [7, 11) is 1.63. The van der Waals surface area contributed by atoms with Gasteiger partial charge in [0.15, 0.2) is 0 Å². The minimum atomic E-state index is -0.231. The van der Waals surface area contributed by atoms with Gasteiger partial charge in [-0.2, -0.15) is 0 Å². The van der Waals surface area contributed by atoms with Crippen LogP contribution in [0.3, 0.4) is 0 Å². The molecule has 3 aromatic carbocycles. The highest BCUT2D eigenvalue weighted by molar-refractivity contribution is 8.04. The number of ether oxygens (including phenoxy) is 1. The van der Waals surface area contributed by atoms with E-state index >= 15 is 0 Å². The van der Waals surface area contributed by atoms with Crippen LogP contribution in [0.4, 0.5) is 0 Å². The Labute approximate surface area is 192 Å². The summed E-state index contributed by atoms with van der Waals surface area (Å²) in [5, 5.41) is 0. The molecule has 0 fully saturated rings. The van der Waals surface area contributed by atoms with Crippen LogP contribution < -0.4 is 4.74 Å². The number of benzene rings is 3. The number of hydrogen-bond donors (Lipinski definition) is 0. The molecule has 0 saturated carbocycles. The van der Waals surface area contributed by atoms with E-state index in [9.17, 15) is 9.59 Å². The van der Waals surface area contributed by atoms with E-state index < -0.39 is 0 Å². The Balaban J connectivity index is 1.64. The highest BCUT2D eigenvalue weighted by Crippen LogP contribution is 2.40. The number of imide groups is 1. The number of amides is 2. The number of hydrogen-bond acceptors (Lipinski definition) is 4. The molecule has 0 unspecified atom stereocenters. The Morgan fingerprint density at radius 3 is 2.22 bits per heavy atom. The van der Waals surface area contributed by atoms with Crippen LogP contribution in [-0.4, -0.2) is 30.4 Å². The molecule has 162 valence electrons. The quantitative estimate of drug-likeness (QED) is 0.457. The second kappa shape index (κ2) is 9.45. The molecular weight excluding hydrogens is 418 g/mol. The summed E-state index contributed by atoms with van der Waals surface area (Å²) >= 11 is 1.36. The fourth-order valence-electron chi connectivity index (χ4n) is 3.64. The van der Waals surface area contributed by atoms with Gasteiger partial charge >= 0.3 is 0 Å². The summed E-state index contributed by atoms with van der Waals surface area (Å²) in [5.41, 5.74) is 4.57. The van der Waals surface area contributed by atoms with Gasteiger partial charge in [-0.05, 0) is 66.8 Å². The summed E-state index contributed by atoms with van der Waals surface area (Å²) in [6.45, 7) is 4.39. The van der Waals surface area contributed by atoms with Crippen LogP contribution in [0.25, 0.3) is 5.57 Å². The first-order valence-corrected chi connectivity index (χ1v) is 11.3. The molecule has 4 nitrogen and oxygen atoms in total. The maximum absolute atomic E-state index is 13.4. The zero-order valence-electron chi connectivity index (χ0n) is 18.4. The third kappa shape index (κ3) is 4.48. The minimum absolute atomic E-state index is 0.231. The fourth-order valence-corrected chi connectivity index (χ4v) is 4.68. The Kier molecular flexibility index (Phi) is 6.47. The molecule has 0 spiro atoms. The zero-order chi connectivity index (χ0) is 22.7. The summed E-state index contributed by atoms with van der Waals surface area (Å²) in [6.07, 6.45) is 0.588. The molecule has 1 aliphatic rings. The average Bonchev–Trinajstić information content (AvgIpc) is 3.04. The fraction of sp³-hybridized carbons (Fsp3) is 0.185. The molecule has 0 aliphatic carbocycles. The van der Waals surface area contributed by atoms with E-state index in [2.05, 4.69) is 0 Å². The molecule has 0 N–H and O–H groups in total. The smallest absolute Gasteiger partial charge is 0.268 e. The first kappa shape index (κ1) is 21.9. The maximum atomic E-state index is 13.4. The largest absolute Gasteiger partial charge is 0.497 e. The molecule has 3 aromatic rings. The van der Waals surface area contributed by atoms with Gasteiger partial charge in [-0.15, -0.1) is 0 Å². The van der Waals surface area contributed by atoms with Gasteiger partial charge in [0.1, 0.15) is 5.75 Å². The average molecular weight is 444 g/mol. The van der Waals surface area contributed by atoms with Crippen LogP contribution in [-0.2, 0) is 16.0 Å². The van der Waals surface area contributed by atoms with E-state index in [1.54, 1.807) is 7.11 Å². The van der Waals surface area contributed by atoms with Crippen molar-refractivity contribution in [3.63, 3.8) is 0 Å². The zero-order valence-corrected chi connectivity index (χ0v) is 19.2. The van der Waals surface area contributed by atoms with E-state index in [1.807, 2.05) is 86.6 Å². The molecule has 0 bridgehead atoms. The van der Waals surface area contributed by atoms with Crippen LogP contribution >= 0.6 is 11.8 Å². The SMILES string of the molecule is COc1ccc(CCN2C(=O)C(Sc3ccccc3)=C(c3ccc(C)c(C)c3)C2=O)cc1. The van der Waals surface area contributed by atoms with Gasteiger partial charge in [0.2, 0.25) is 0 Å². The van der Waals surface area contributed by atoms with Crippen molar-refractivity contribution < 1.29 is 14.3 Å². The molecule has 4 rings (SSSR count). The molecule has 0 aromatic heterocycles. The summed E-state index contributed by atoms with van der Waals surface area (Å²) in [4.78, 5) is 29.6. The summed E-state index contributed by atoms with van der Waals surface area (Å²) in [5.74, 6) is 0.318. The van der Waals surface area contributed by atoms with Crippen LogP contribution in [0.2, 0.25) is 0 Å². The van der Waals surface area contributed by atoms with Crippen molar-refractivity contribution in [3.05, 3.63) is 100.0 Å². The monoisotopic (exact) mass is 443 g/mol. The third-order valence-electron chi connectivity index (χ3n) is 5.67. The Hall–Kier alpha value is -3.31. The standard InChI is InChI=1S/C27H25NO3S/c1-18-9-12-21(17-19(18)2)24-25(32-23-7-5-4-6-8-23)27(30)28(26(24)29)16-15-20-10-13-22(31-3)14-11-20/h4-14,17H,15-16H2,1-3H3. The van der Waals surface area contributed by atoms with Crippen LogP contribution in [0.5, 0.6) is 5.75 Å². The van der Waals surface area contributed by atoms with Gasteiger partial charge in [-0.3, -0.25) is 14.5 Å². The second-order valence-corrected chi connectivity index (χ2v) is 8.86. The van der Waals surface area contributed by atoms with Crippen molar-refractivity contribution in [2.45, 2.75) is 25.2 Å². The maximum Gasteiger partial charge on any atom is 0.268 e. The molecule has 32 heavy (non-hydrogen) atoms. The molecule has 1 heterocycles. The predicted octanol–water partition coefficient (Wildman–Crippen LogP) is 5.43.